The molecule has 0 saturated carbocycles. The predicted molar refractivity (Wildman–Crippen MR) is 185 cm³/mol. The summed E-state index contributed by atoms with van der Waals surface area (Å²) < 4.78 is 0. The molecule has 2 nitrogen and oxygen atoms in total. The van der Waals surface area contributed by atoms with Gasteiger partial charge in [-0.3, -0.25) is 4.79 Å². The lowest BCUT2D eigenvalue weighted by Crippen LogP contribution is -2.22. The average molecular weight is 571 g/mol. The fraction of sp³-hybridized carbons (Fsp3) is 0.475. The Morgan fingerprint density at radius 1 is 0.833 bits per heavy atom. The molecule has 0 heterocycles. The first kappa shape index (κ1) is 37.1. The van der Waals surface area contributed by atoms with Crippen molar-refractivity contribution >= 4 is 5.78 Å². The minimum atomic E-state index is -0.411. The molecule has 1 unspecified atom stereocenters. The zero-order valence-electron chi connectivity index (χ0n) is 28.3. The average Bonchev–Trinajstić information content (AvgIpc) is 2.88. The zero-order valence-corrected chi connectivity index (χ0v) is 28.3. The van der Waals surface area contributed by atoms with E-state index >= 15 is 0 Å². The summed E-state index contributed by atoms with van der Waals surface area (Å²) in [5.74, 6) is 0.124. The van der Waals surface area contributed by atoms with Crippen molar-refractivity contribution in [1.29, 1.82) is 0 Å². The molecule has 0 bridgehead atoms. The van der Waals surface area contributed by atoms with E-state index in [0.717, 1.165) is 30.4 Å². The second-order valence-corrected chi connectivity index (χ2v) is 13.3. The van der Waals surface area contributed by atoms with E-state index in [2.05, 4.69) is 102 Å². The lowest BCUT2D eigenvalue weighted by Gasteiger charge is -2.32. The first-order valence-electron chi connectivity index (χ1n) is 15.6. The molecule has 0 saturated heterocycles. The highest BCUT2D eigenvalue weighted by molar-refractivity contribution is 5.94. The number of allylic oxidation sites excluding steroid dienone is 20. The second kappa shape index (κ2) is 18.5. The van der Waals surface area contributed by atoms with Gasteiger partial charge in [-0.05, 0) is 97.1 Å². The summed E-state index contributed by atoms with van der Waals surface area (Å²) in [5, 5.41) is 9.44. The zero-order chi connectivity index (χ0) is 31.8. The third-order valence-corrected chi connectivity index (χ3v) is 7.91. The summed E-state index contributed by atoms with van der Waals surface area (Å²) in [6.07, 6.45) is 34.8. The molecule has 1 aliphatic carbocycles. The van der Waals surface area contributed by atoms with Crippen molar-refractivity contribution in [2.45, 2.75) is 114 Å². The highest BCUT2D eigenvalue weighted by atomic mass is 16.3. The molecule has 1 atom stereocenters. The third kappa shape index (κ3) is 15.3. The van der Waals surface area contributed by atoms with Crippen LogP contribution < -0.4 is 0 Å². The minimum Gasteiger partial charge on any atom is -0.393 e. The van der Waals surface area contributed by atoms with E-state index in [1.165, 1.54) is 41.6 Å². The molecular formula is C40H58O2. The molecule has 0 amide bonds. The van der Waals surface area contributed by atoms with Gasteiger partial charge in [-0.1, -0.05) is 135 Å². The molecule has 2 heteroatoms. The smallest absolute Gasteiger partial charge is 0.161 e. The molecule has 0 spiro atoms. The summed E-state index contributed by atoms with van der Waals surface area (Å²) in [7, 11) is 0. The molecule has 0 aliphatic heterocycles. The number of hydrogen-bond donors (Lipinski definition) is 1. The topological polar surface area (TPSA) is 37.3 Å². The Kier molecular flexibility index (Phi) is 16.4. The summed E-state index contributed by atoms with van der Waals surface area (Å²) in [5.41, 5.74) is 7.51. The number of rotatable bonds is 15. The van der Waals surface area contributed by atoms with Crippen molar-refractivity contribution in [2.75, 3.05) is 0 Å². The SMILES string of the molecule is CC(C=CC=C(C)C=CC(=O)C(C)(C)CCCC(C)O)=CC=CC=C(C)C=CC=C(C)C=CC1=C(C)CCCC1(C)C. The van der Waals surface area contributed by atoms with Crippen molar-refractivity contribution in [2.24, 2.45) is 10.8 Å². The summed E-state index contributed by atoms with van der Waals surface area (Å²) in [6.45, 7) is 21.1. The molecule has 0 fully saturated rings. The van der Waals surface area contributed by atoms with Gasteiger partial charge >= 0.3 is 0 Å². The van der Waals surface area contributed by atoms with Crippen LogP contribution in [-0.2, 0) is 4.79 Å². The van der Waals surface area contributed by atoms with Gasteiger partial charge in [-0.15, -0.1) is 0 Å². The van der Waals surface area contributed by atoms with Gasteiger partial charge in [-0.2, -0.15) is 0 Å². The molecule has 1 aliphatic rings. The Hall–Kier alpha value is -2.97. The second-order valence-electron chi connectivity index (χ2n) is 13.3. The van der Waals surface area contributed by atoms with Crippen molar-refractivity contribution < 1.29 is 9.90 Å². The number of aliphatic hydroxyl groups excluding tert-OH is 1. The Balaban J connectivity index is 2.61. The standard InChI is InChI=1S/C40H58O2/c1-31(19-13-21-33(3)25-27-37-35(5)23-15-29-39(37,7)8)17-11-12-18-32(2)20-14-22-34(4)26-28-38(42)40(9,10)30-16-24-36(6)41/h11-14,17-22,25-28,36,41H,15-16,23-24,29-30H2,1-10H3. The van der Waals surface area contributed by atoms with Crippen molar-refractivity contribution in [1.82, 2.24) is 0 Å². The monoisotopic (exact) mass is 570 g/mol. The van der Waals surface area contributed by atoms with Crippen LogP contribution in [0.25, 0.3) is 0 Å². The van der Waals surface area contributed by atoms with E-state index in [4.69, 9.17) is 0 Å². The molecular weight excluding hydrogens is 512 g/mol. The Bertz CT molecular complexity index is 1190. The third-order valence-electron chi connectivity index (χ3n) is 7.91. The fourth-order valence-corrected chi connectivity index (χ4v) is 4.96. The van der Waals surface area contributed by atoms with E-state index < -0.39 is 5.41 Å². The van der Waals surface area contributed by atoms with E-state index in [9.17, 15) is 9.90 Å². The van der Waals surface area contributed by atoms with Crippen LogP contribution in [0.3, 0.4) is 0 Å². The molecule has 0 aromatic carbocycles. The lowest BCUT2D eigenvalue weighted by molar-refractivity contribution is -0.122. The number of aliphatic hydroxyl groups is 1. The Morgan fingerprint density at radius 3 is 1.86 bits per heavy atom. The summed E-state index contributed by atoms with van der Waals surface area (Å²) in [6, 6.07) is 0. The molecule has 230 valence electrons. The van der Waals surface area contributed by atoms with Gasteiger partial charge in [0.2, 0.25) is 0 Å². The summed E-state index contributed by atoms with van der Waals surface area (Å²) >= 11 is 0. The van der Waals surface area contributed by atoms with Gasteiger partial charge in [0, 0.05) is 5.41 Å². The van der Waals surface area contributed by atoms with Gasteiger partial charge < -0.3 is 5.11 Å². The van der Waals surface area contributed by atoms with Crippen LogP contribution in [0.5, 0.6) is 0 Å². The van der Waals surface area contributed by atoms with E-state index in [1.807, 2.05) is 39.0 Å². The summed E-state index contributed by atoms with van der Waals surface area (Å²) in [4.78, 5) is 12.6. The molecule has 1 rings (SSSR count). The van der Waals surface area contributed by atoms with Gasteiger partial charge in [-0.25, -0.2) is 0 Å². The maximum atomic E-state index is 12.6. The van der Waals surface area contributed by atoms with Crippen LogP contribution in [-0.4, -0.2) is 17.0 Å². The van der Waals surface area contributed by atoms with Gasteiger partial charge in [0.1, 0.15) is 0 Å². The molecule has 0 aromatic rings. The van der Waals surface area contributed by atoms with Crippen LogP contribution in [0.4, 0.5) is 0 Å². The number of hydrogen-bond acceptors (Lipinski definition) is 2. The highest BCUT2D eigenvalue weighted by Gasteiger charge is 2.26. The lowest BCUT2D eigenvalue weighted by atomic mass is 9.72. The molecule has 0 radical (unpaired) electrons. The van der Waals surface area contributed by atoms with Gasteiger partial charge in [0.15, 0.2) is 5.78 Å². The number of carbonyl (C=O) groups excluding carboxylic acids is 1. The Morgan fingerprint density at radius 2 is 1.33 bits per heavy atom. The van der Waals surface area contributed by atoms with Crippen molar-refractivity contribution in [3.63, 3.8) is 0 Å². The molecule has 42 heavy (non-hydrogen) atoms. The first-order valence-corrected chi connectivity index (χ1v) is 15.6. The molecule has 0 aromatic heterocycles. The van der Waals surface area contributed by atoms with Gasteiger partial charge in [0.25, 0.3) is 0 Å². The number of carbonyl (C=O) groups is 1. The predicted octanol–water partition coefficient (Wildman–Crippen LogP) is 11.2. The van der Waals surface area contributed by atoms with E-state index in [1.54, 1.807) is 13.0 Å². The van der Waals surface area contributed by atoms with E-state index in [-0.39, 0.29) is 17.3 Å². The van der Waals surface area contributed by atoms with Crippen LogP contribution in [0.2, 0.25) is 0 Å². The normalized spacial score (nSPS) is 19.0. The van der Waals surface area contributed by atoms with E-state index in [0.29, 0.717) is 0 Å². The van der Waals surface area contributed by atoms with Crippen LogP contribution in [0.15, 0.2) is 119 Å². The molecule has 1 N–H and O–H groups in total. The Labute approximate surface area is 258 Å². The van der Waals surface area contributed by atoms with Crippen LogP contribution in [0, 0.1) is 10.8 Å². The quantitative estimate of drug-likeness (QED) is 0.157. The van der Waals surface area contributed by atoms with Crippen LogP contribution >= 0.6 is 0 Å². The largest absolute Gasteiger partial charge is 0.393 e. The minimum absolute atomic E-state index is 0.124. The van der Waals surface area contributed by atoms with Crippen molar-refractivity contribution in [3.05, 3.63) is 119 Å². The van der Waals surface area contributed by atoms with Crippen molar-refractivity contribution in [3.8, 4) is 0 Å². The van der Waals surface area contributed by atoms with Crippen LogP contribution in [0.1, 0.15) is 108 Å². The highest BCUT2D eigenvalue weighted by Crippen LogP contribution is 2.40. The number of ketones is 1. The first-order chi connectivity index (χ1) is 19.6. The van der Waals surface area contributed by atoms with Gasteiger partial charge in [0.05, 0.1) is 6.10 Å². The maximum Gasteiger partial charge on any atom is 0.161 e. The fourth-order valence-electron chi connectivity index (χ4n) is 4.96. The maximum absolute atomic E-state index is 12.6.